The number of hydrogen-bond acceptors (Lipinski definition) is 4. The van der Waals surface area contributed by atoms with Crippen molar-refractivity contribution < 1.29 is 9.63 Å². The van der Waals surface area contributed by atoms with Crippen molar-refractivity contribution in [1.82, 2.24) is 0 Å². The van der Waals surface area contributed by atoms with Crippen LogP contribution in [-0.2, 0) is 4.84 Å². The van der Waals surface area contributed by atoms with E-state index in [0.717, 1.165) is 27.3 Å². The van der Waals surface area contributed by atoms with Crippen LogP contribution in [0.3, 0.4) is 0 Å². The molecule has 3 rings (SSSR count). The number of amides is 1. The first-order chi connectivity index (χ1) is 12.2. The summed E-state index contributed by atoms with van der Waals surface area (Å²) >= 11 is 1.57. The molecule has 2 aromatic carbocycles. The monoisotopic (exact) mass is 350 g/mol. The van der Waals surface area contributed by atoms with E-state index in [4.69, 9.17) is 4.84 Å². The van der Waals surface area contributed by atoms with Crippen molar-refractivity contribution in [3.8, 4) is 11.1 Å². The number of thiophene rings is 1. The fourth-order valence-electron chi connectivity index (χ4n) is 2.55. The van der Waals surface area contributed by atoms with E-state index >= 15 is 0 Å². The van der Waals surface area contributed by atoms with Crippen LogP contribution in [0.5, 0.6) is 0 Å². The Morgan fingerprint density at radius 2 is 2.00 bits per heavy atom. The Morgan fingerprint density at radius 3 is 2.76 bits per heavy atom. The lowest BCUT2D eigenvalue weighted by Gasteiger charge is -2.12. The molecule has 3 aromatic rings. The summed E-state index contributed by atoms with van der Waals surface area (Å²) in [6.45, 7) is 1.95. The molecule has 126 valence electrons. The van der Waals surface area contributed by atoms with Gasteiger partial charge in [-0.3, -0.25) is 4.79 Å². The van der Waals surface area contributed by atoms with Gasteiger partial charge in [-0.15, -0.1) is 11.3 Å². The smallest absolute Gasteiger partial charge is 0.256 e. The van der Waals surface area contributed by atoms with E-state index in [2.05, 4.69) is 10.5 Å². The minimum absolute atomic E-state index is 0.0942. The molecule has 0 aliphatic heterocycles. The van der Waals surface area contributed by atoms with Gasteiger partial charge in [0.1, 0.15) is 7.11 Å². The summed E-state index contributed by atoms with van der Waals surface area (Å²) in [5, 5.41) is 8.75. The average molecular weight is 350 g/mol. The quantitative estimate of drug-likeness (QED) is 0.522. The molecule has 0 bridgehead atoms. The normalized spacial score (nSPS) is 10.8. The summed E-state index contributed by atoms with van der Waals surface area (Å²) in [6, 6.07) is 17.5. The van der Waals surface area contributed by atoms with Crippen LogP contribution >= 0.6 is 11.3 Å². The molecule has 0 unspecified atom stereocenters. The number of para-hydroxylation sites is 1. The lowest BCUT2D eigenvalue weighted by atomic mass is 10.0. The molecule has 1 heterocycles. The second-order valence-corrected chi connectivity index (χ2v) is 6.55. The lowest BCUT2D eigenvalue weighted by molar-refractivity contribution is 0.102. The third-order valence-electron chi connectivity index (χ3n) is 3.78. The molecular formula is C20H18N2O2S. The maximum absolute atomic E-state index is 12.5. The predicted molar refractivity (Wildman–Crippen MR) is 103 cm³/mol. The number of rotatable bonds is 5. The van der Waals surface area contributed by atoms with Crippen LogP contribution in [0.4, 0.5) is 5.69 Å². The zero-order valence-electron chi connectivity index (χ0n) is 14.0. The highest BCUT2D eigenvalue weighted by molar-refractivity contribution is 7.10. The summed E-state index contributed by atoms with van der Waals surface area (Å²) in [5.41, 5.74) is 4.36. The fraction of sp³-hybridized carbons (Fsp3) is 0.100. The van der Waals surface area contributed by atoms with Crippen LogP contribution in [0, 0.1) is 6.92 Å². The molecule has 1 amide bonds. The number of benzene rings is 2. The minimum Gasteiger partial charge on any atom is -0.399 e. The van der Waals surface area contributed by atoms with Gasteiger partial charge in [-0.25, -0.2) is 0 Å². The molecule has 0 atom stereocenters. The highest BCUT2D eigenvalue weighted by Crippen LogP contribution is 2.29. The van der Waals surface area contributed by atoms with Gasteiger partial charge in [0.2, 0.25) is 0 Å². The number of hydrogen-bond donors (Lipinski definition) is 1. The van der Waals surface area contributed by atoms with E-state index in [1.165, 1.54) is 7.11 Å². The lowest BCUT2D eigenvalue weighted by Crippen LogP contribution is -2.12. The van der Waals surface area contributed by atoms with Gasteiger partial charge in [0.05, 0.1) is 11.8 Å². The maximum Gasteiger partial charge on any atom is 0.256 e. The van der Waals surface area contributed by atoms with Gasteiger partial charge < -0.3 is 10.2 Å². The Kier molecular flexibility index (Phi) is 5.26. The molecule has 25 heavy (non-hydrogen) atoms. The number of anilines is 1. The van der Waals surface area contributed by atoms with Crippen LogP contribution in [-0.4, -0.2) is 19.2 Å². The van der Waals surface area contributed by atoms with E-state index in [9.17, 15) is 4.79 Å². The Balaban J connectivity index is 1.93. The van der Waals surface area contributed by atoms with Crippen molar-refractivity contribution in [2.75, 3.05) is 12.4 Å². The predicted octanol–water partition coefficient (Wildman–Crippen LogP) is 4.96. The van der Waals surface area contributed by atoms with Crippen molar-refractivity contribution in [1.29, 1.82) is 0 Å². The number of oxime groups is 1. The third-order valence-corrected chi connectivity index (χ3v) is 4.63. The molecule has 0 aliphatic rings. The molecule has 1 aromatic heterocycles. The second kappa shape index (κ2) is 7.77. The van der Waals surface area contributed by atoms with E-state index in [1.54, 1.807) is 17.6 Å². The van der Waals surface area contributed by atoms with E-state index < -0.39 is 0 Å². The second-order valence-electron chi connectivity index (χ2n) is 5.43. The van der Waals surface area contributed by atoms with Gasteiger partial charge in [-0.05, 0) is 41.6 Å². The molecule has 0 aliphatic carbocycles. The average Bonchev–Trinajstić information content (AvgIpc) is 3.07. The first kappa shape index (κ1) is 16.9. The Bertz CT molecular complexity index is 915. The Labute approximate surface area is 150 Å². The molecule has 5 heteroatoms. The summed E-state index contributed by atoms with van der Waals surface area (Å²) in [4.78, 5) is 18.3. The van der Waals surface area contributed by atoms with Gasteiger partial charge in [-0.2, -0.15) is 0 Å². The fourth-order valence-corrected chi connectivity index (χ4v) is 3.25. The zero-order chi connectivity index (χ0) is 17.6. The molecular weight excluding hydrogens is 332 g/mol. The van der Waals surface area contributed by atoms with E-state index in [-0.39, 0.29) is 5.91 Å². The molecule has 0 spiro atoms. The van der Waals surface area contributed by atoms with Crippen LogP contribution in [0.15, 0.2) is 65.1 Å². The van der Waals surface area contributed by atoms with Gasteiger partial charge in [-0.1, -0.05) is 41.6 Å². The Morgan fingerprint density at radius 1 is 1.16 bits per heavy atom. The summed E-state index contributed by atoms with van der Waals surface area (Å²) in [5.74, 6) is -0.0942. The first-order valence-electron chi connectivity index (χ1n) is 7.80. The summed E-state index contributed by atoms with van der Waals surface area (Å²) < 4.78 is 0. The number of nitrogens with zero attached hydrogens (tertiary/aromatic N) is 1. The van der Waals surface area contributed by atoms with Crippen LogP contribution in [0.2, 0.25) is 0 Å². The third kappa shape index (κ3) is 3.95. The topological polar surface area (TPSA) is 50.7 Å². The van der Waals surface area contributed by atoms with Gasteiger partial charge >= 0.3 is 0 Å². The SMILES string of the molecule is CON=Cc1cccc(-c2ccccc2NC(=O)c2ccsc2C)c1. The minimum atomic E-state index is -0.0942. The molecule has 0 saturated carbocycles. The molecule has 0 radical (unpaired) electrons. The van der Waals surface area contributed by atoms with Gasteiger partial charge in [0.25, 0.3) is 5.91 Å². The van der Waals surface area contributed by atoms with Crippen molar-refractivity contribution in [2.24, 2.45) is 5.16 Å². The van der Waals surface area contributed by atoms with Crippen molar-refractivity contribution in [2.45, 2.75) is 6.92 Å². The summed E-state index contributed by atoms with van der Waals surface area (Å²) in [7, 11) is 1.51. The van der Waals surface area contributed by atoms with Crippen LogP contribution in [0.25, 0.3) is 11.1 Å². The van der Waals surface area contributed by atoms with E-state index in [0.29, 0.717) is 5.56 Å². The Hall–Kier alpha value is -2.92. The van der Waals surface area contributed by atoms with Crippen LogP contribution < -0.4 is 5.32 Å². The van der Waals surface area contributed by atoms with E-state index in [1.807, 2.05) is 66.9 Å². The van der Waals surface area contributed by atoms with Crippen molar-refractivity contribution in [3.05, 3.63) is 76.0 Å². The molecule has 0 fully saturated rings. The number of nitrogens with one attached hydrogen (secondary N) is 1. The van der Waals surface area contributed by atoms with Crippen molar-refractivity contribution in [3.63, 3.8) is 0 Å². The van der Waals surface area contributed by atoms with Gasteiger partial charge in [0.15, 0.2) is 0 Å². The highest BCUT2D eigenvalue weighted by atomic mass is 32.1. The molecule has 4 nitrogen and oxygen atoms in total. The van der Waals surface area contributed by atoms with Crippen molar-refractivity contribution >= 4 is 29.1 Å². The molecule has 1 N–H and O–H groups in total. The largest absolute Gasteiger partial charge is 0.399 e. The molecule has 0 saturated heterocycles. The van der Waals surface area contributed by atoms with Gasteiger partial charge in [0, 0.05) is 16.1 Å². The number of carbonyl (C=O) groups excluding carboxylic acids is 1. The summed E-state index contributed by atoms with van der Waals surface area (Å²) in [6.07, 6.45) is 1.65. The number of carbonyl (C=O) groups is 1. The highest BCUT2D eigenvalue weighted by Gasteiger charge is 2.13. The number of aryl methyl sites for hydroxylation is 1. The van der Waals surface area contributed by atoms with Crippen LogP contribution in [0.1, 0.15) is 20.8 Å². The zero-order valence-corrected chi connectivity index (χ0v) is 14.8. The standard InChI is InChI=1S/C20H18N2O2S/c1-14-17(10-11-25-14)20(23)22-19-9-4-3-8-18(19)16-7-5-6-15(12-16)13-21-24-2/h3-13H,1-2H3,(H,22,23). The maximum atomic E-state index is 12.5. The first-order valence-corrected chi connectivity index (χ1v) is 8.68.